The highest BCUT2D eigenvalue weighted by Gasteiger charge is 2.05. The third kappa shape index (κ3) is 2.91. The highest BCUT2D eigenvalue weighted by molar-refractivity contribution is 5.94. The molecule has 3 heteroatoms. The van der Waals surface area contributed by atoms with Crippen LogP contribution in [-0.2, 0) is 4.74 Å². The molecule has 0 N–H and O–H groups in total. The maximum atomic E-state index is 5.28. The van der Waals surface area contributed by atoms with Gasteiger partial charge in [-0.2, -0.15) is 0 Å². The van der Waals surface area contributed by atoms with Gasteiger partial charge in [-0.15, -0.1) is 0 Å². The molecule has 0 aliphatic rings. The molecular formula is C14H14N2O. The van der Waals surface area contributed by atoms with Gasteiger partial charge < -0.3 is 4.74 Å². The minimum absolute atomic E-state index is 0.528. The van der Waals surface area contributed by atoms with Crippen LogP contribution in [0.1, 0.15) is 11.3 Å². The van der Waals surface area contributed by atoms with Crippen molar-refractivity contribution < 1.29 is 4.74 Å². The molecule has 0 radical (unpaired) electrons. The number of methoxy groups -OCH3 is 1. The summed E-state index contributed by atoms with van der Waals surface area (Å²) in [6, 6.07) is 13.6. The van der Waals surface area contributed by atoms with Crippen molar-refractivity contribution in [3.05, 3.63) is 59.9 Å². The number of hydrogen-bond acceptors (Lipinski definition) is 3. The van der Waals surface area contributed by atoms with E-state index in [0.717, 1.165) is 16.9 Å². The van der Waals surface area contributed by atoms with Crippen LogP contribution in [0.3, 0.4) is 0 Å². The Morgan fingerprint density at radius 2 is 1.94 bits per heavy atom. The number of aromatic nitrogens is 1. The first-order valence-electron chi connectivity index (χ1n) is 5.40. The average Bonchev–Trinajstić information content (AvgIpc) is 2.37. The molecule has 1 heterocycles. The third-order valence-electron chi connectivity index (χ3n) is 2.31. The minimum Gasteiger partial charge on any atom is -0.479 e. The van der Waals surface area contributed by atoms with E-state index in [4.69, 9.17) is 4.74 Å². The normalized spacial score (nSPS) is 11.3. The van der Waals surface area contributed by atoms with Crippen LogP contribution in [-0.4, -0.2) is 18.0 Å². The molecule has 0 bridgehead atoms. The van der Waals surface area contributed by atoms with Gasteiger partial charge in [0.2, 0.25) is 5.90 Å². The molecule has 0 unspecified atom stereocenters. The first-order valence-corrected chi connectivity index (χ1v) is 5.40. The van der Waals surface area contributed by atoms with Crippen molar-refractivity contribution in [2.24, 2.45) is 4.99 Å². The summed E-state index contributed by atoms with van der Waals surface area (Å²) in [5, 5.41) is 0. The second-order valence-corrected chi connectivity index (χ2v) is 3.68. The number of nitrogens with zero attached hydrogens (tertiary/aromatic N) is 2. The van der Waals surface area contributed by atoms with Crippen LogP contribution in [0.5, 0.6) is 0 Å². The molecule has 3 nitrogen and oxygen atoms in total. The van der Waals surface area contributed by atoms with E-state index >= 15 is 0 Å². The summed E-state index contributed by atoms with van der Waals surface area (Å²) in [6.07, 6.45) is 1.75. The first-order chi connectivity index (χ1) is 8.29. The Morgan fingerprint density at radius 3 is 2.59 bits per heavy atom. The van der Waals surface area contributed by atoms with Crippen LogP contribution in [0.25, 0.3) is 0 Å². The Morgan fingerprint density at radius 1 is 1.18 bits per heavy atom. The number of para-hydroxylation sites is 1. The van der Waals surface area contributed by atoms with Crippen molar-refractivity contribution in [1.82, 2.24) is 4.98 Å². The van der Waals surface area contributed by atoms with Gasteiger partial charge >= 0.3 is 0 Å². The van der Waals surface area contributed by atoms with E-state index in [1.165, 1.54) is 0 Å². The van der Waals surface area contributed by atoms with Crippen LogP contribution < -0.4 is 0 Å². The molecule has 0 fully saturated rings. The van der Waals surface area contributed by atoms with Crippen molar-refractivity contribution in [3.8, 4) is 0 Å². The third-order valence-corrected chi connectivity index (χ3v) is 2.31. The summed E-state index contributed by atoms with van der Waals surface area (Å²) in [6.45, 7) is 2.01. The number of hydrogen-bond donors (Lipinski definition) is 0. The molecule has 0 amide bonds. The number of aliphatic imine (C=N–C) groups is 1. The number of pyridine rings is 1. The fourth-order valence-electron chi connectivity index (χ4n) is 1.48. The number of rotatable bonds is 2. The van der Waals surface area contributed by atoms with Crippen LogP contribution in [0.4, 0.5) is 5.69 Å². The standard InChI is InChI=1S/C14H14N2O/c1-11-8-9-15-13(10-11)14(17-2)16-12-6-4-3-5-7-12/h3-10H,1-2H3. The molecule has 1 aromatic carbocycles. The zero-order valence-electron chi connectivity index (χ0n) is 9.92. The van der Waals surface area contributed by atoms with E-state index in [-0.39, 0.29) is 0 Å². The molecule has 2 aromatic rings. The lowest BCUT2D eigenvalue weighted by Crippen LogP contribution is -2.05. The van der Waals surface area contributed by atoms with Crippen LogP contribution in [0.2, 0.25) is 0 Å². The Bertz CT molecular complexity index is 521. The van der Waals surface area contributed by atoms with E-state index in [0.29, 0.717) is 5.90 Å². The molecule has 0 saturated heterocycles. The second-order valence-electron chi connectivity index (χ2n) is 3.68. The predicted octanol–water partition coefficient (Wildman–Crippen LogP) is 3.11. The second kappa shape index (κ2) is 5.25. The van der Waals surface area contributed by atoms with Gasteiger partial charge in [0.05, 0.1) is 12.8 Å². The molecule has 86 valence electrons. The summed E-state index contributed by atoms with van der Waals surface area (Å²) in [5.74, 6) is 0.528. The molecule has 17 heavy (non-hydrogen) atoms. The van der Waals surface area contributed by atoms with Gasteiger partial charge in [0, 0.05) is 6.20 Å². The smallest absolute Gasteiger partial charge is 0.240 e. The zero-order chi connectivity index (χ0) is 12.1. The number of aryl methyl sites for hydroxylation is 1. The minimum atomic E-state index is 0.528. The van der Waals surface area contributed by atoms with Gasteiger partial charge in [0.15, 0.2) is 0 Å². The first kappa shape index (κ1) is 11.3. The van der Waals surface area contributed by atoms with Crippen molar-refractivity contribution in [2.45, 2.75) is 6.92 Å². The van der Waals surface area contributed by atoms with E-state index in [1.54, 1.807) is 13.3 Å². The Labute approximate surface area is 101 Å². The lowest BCUT2D eigenvalue weighted by molar-refractivity contribution is 0.403. The average molecular weight is 226 g/mol. The summed E-state index contributed by atoms with van der Waals surface area (Å²) in [4.78, 5) is 8.67. The van der Waals surface area contributed by atoms with Gasteiger partial charge in [-0.25, -0.2) is 4.99 Å². The lowest BCUT2D eigenvalue weighted by atomic mass is 10.2. The monoisotopic (exact) mass is 226 g/mol. The van der Waals surface area contributed by atoms with Gasteiger partial charge in [-0.3, -0.25) is 4.98 Å². The van der Waals surface area contributed by atoms with Crippen molar-refractivity contribution >= 4 is 11.6 Å². The molecule has 0 atom stereocenters. The molecule has 2 rings (SSSR count). The van der Waals surface area contributed by atoms with Crippen LogP contribution >= 0.6 is 0 Å². The van der Waals surface area contributed by atoms with Gasteiger partial charge in [-0.05, 0) is 36.8 Å². The van der Waals surface area contributed by atoms with Gasteiger partial charge in [0.1, 0.15) is 5.69 Å². The highest BCUT2D eigenvalue weighted by Crippen LogP contribution is 2.13. The van der Waals surface area contributed by atoms with Gasteiger partial charge in [0.25, 0.3) is 0 Å². The maximum Gasteiger partial charge on any atom is 0.240 e. The molecule has 1 aromatic heterocycles. The Balaban J connectivity index is 2.37. The van der Waals surface area contributed by atoms with Crippen LogP contribution in [0.15, 0.2) is 53.7 Å². The topological polar surface area (TPSA) is 34.5 Å². The van der Waals surface area contributed by atoms with Crippen molar-refractivity contribution in [2.75, 3.05) is 7.11 Å². The quantitative estimate of drug-likeness (QED) is 0.582. The number of benzene rings is 1. The van der Waals surface area contributed by atoms with Crippen molar-refractivity contribution in [3.63, 3.8) is 0 Å². The summed E-state index contributed by atoms with van der Waals surface area (Å²) >= 11 is 0. The predicted molar refractivity (Wildman–Crippen MR) is 68.6 cm³/mol. The molecule has 0 spiro atoms. The fraction of sp³-hybridized carbons (Fsp3) is 0.143. The van der Waals surface area contributed by atoms with E-state index < -0.39 is 0 Å². The largest absolute Gasteiger partial charge is 0.479 e. The zero-order valence-corrected chi connectivity index (χ0v) is 9.92. The van der Waals surface area contributed by atoms with E-state index in [9.17, 15) is 0 Å². The SMILES string of the molecule is COC(=Nc1ccccc1)c1cc(C)ccn1. The van der Waals surface area contributed by atoms with E-state index in [1.807, 2.05) is 49.4 Å². The van der Waals surface area contributed by atoms with Crippen LogP contribution in [0, 0.1) is 6.92 Å². The highest BCUT2D eigenvalue weighted by atomic mass is 16.5. The molecular weight excluding hydrogens is 212 g/mol. The summed E-state index contributed by atoms with van der Waals surface area (Å²) < 4.78 is 5.28. The summed E-state index contributed by atoms with van der Waals surface area (Å²) in [7, 11) is 1.60. The van der Waals surface area contributed by atoms with Gasteiger partial charge in [-0.1, -0.05) is 18.2 Å². The Kier molecular flexibility index (Phi) is 3.50. The molecule has 0 saturated carbocycles. The summed E-state index contributed by atoms with van der Waals surface area (Å²) in [5.41, 5.74) is 2.73. The van der Waals surface area contributed by atoms with Crippen molar-refractivity contribution in [1.29, 1.82) is 0 Å². The lowest BCUT2D eigenvalue weighted by Gasteiger charge is -2.04. The molecule has 0 aliphatic heterocycles. The Hall–Kier alpha value is -2.16. The van der Waals surface area contributed by atoms with E-state index in [2.05, 4.69) is 9.98 Å². The maximum absolute atomic E-state index is 5.28. The fourth-order valence-corrected chi connectivity index (χ4v) is 1.48. The molecule has 0 aliphatic carbocycles. The number of ether oxygens (including phenoxy) is 1.